The Morgan fingerprint density at radius 3 is 2.11 bits per heavy atom. The van der Waals surface area contributed by atoms with Crippen LogP contribution in [0.15, 0.2) is 36.4 Å². The van der Waals surface area contributed by atoms with E-state index in [-0.39, 0.29) is 6.04 Å². The highest BCUT2D eigenvalue weighted by atomic mass is 127. The molecule has 0 aliphatic carbocycles. The van der Waals surface area contributed by atoms with Crippen molar-refractivity contribution in [3.8, 4) is 0 Å². The van der Waals surface area contributed by atoms with Crippen molar-refractivity contribution in [2.24, 2.45) is 5.73 Å². The molecule has 19 heavy (non-hydrogen) atoms. The van der Waals surface area contributed by atoms with E-state index in [0.29, 0.717) is 0 Å². The summed E-state index contributed by atoms with van der Waals surface area (Å²) in [5, 5.41) is 0. The van der Waals surface area contributed by atoms with Crippen LogP contribution in [0.5, 0.6) is 0 Å². The molecule has 0 aliphatic rings. The Kier molecular flexibility index (Phi) is 4.63. The smallest absolute Gasteiger partial charge is 0.0346 e. The van der Waals surface area contributed by atoms with Crippen LogP contribution in [0, 0.1) is 24.3 Å². The lowest BCUT2D eigenvalue weighted by Crippen LogP contribution is -2.16. The summed E-state index contributed by atoms with van der Waals surface area (Å²) < 4.78 is 1.29. The van der Waals surface area contributed by atoms with Gasteiger partial charge in [-0.1, -0.05) is 36.4 Å². The normalized spacial score (nSPS) is 12.5. The molecular weight excluding hydrogens is 345 g/mol. The second-order valence-electron chi connectivity index (χ2n) is 5.16. The first kappa shape index (κ1) is 14.5. The Labute approximate surface area is 129 Å². The molecule has 100 valence electrons. The molecule has 2 N–H and O–H groups in total. The number of aryl methyl sites for hydroxylation is 3. The highest BCUT2D eigenvalue weighted by Gasteiger charge is 2.14. The molecule has 1 unspecified atom stereocenters. The lowest BCUT2D eigenvalue weighted by molar-refractivity contribution is 0.711. The van der Waals surface area contributed by atoms with Gasteiger partial charge in [0, 0.05) is 9.61 Å². The molecule has 2 aromatic rings. The number of halogens is 1. The Morgan fingerprint density at radius 2 is 1.47 bits per heavy atom. The minimum absolute atomic E-state index is 0.0617. The largest absolute Gasteiger partial charge is 0.324 e. The van der Waals surface area contributed by atoms with E-state index in [1.807, 2.05) is 0 Å². The van der Waals surface area contributed by atoms with Gasteiger partial charge in [-0.25, -0.2) is 0 Å². The molecule has 0 saturated carbocycles. The molecule has 0 fully saturated rings. The Bertz CT molecular complexity index is 570. The second-order valence-corrected chi connectivity index (χ2v) is 6.24. The summed E-state index contributed by atoms with van der Waals surface area (Å²) >= 11 is 2.40. The van der Waals surface area contributed by atoms with E-state index in [2.05, 4.69) is 79.8 Å². The van der Waals surface area contributed by atoms with Crippen LogP contribution in [-0.2, 0) is 6.42 Å². The predicted octanol–water partition coefficient (Wildman–Crippen LogP) is 4.46. The van der Waals surface area contributed by atoms with Crippen molar-refractivity contribution in [2.75, 3.05) is 0 Å². The van der Waals surface area contributed by atoms with E-state index in [1.54, 1.807) is 0 Å². The number of rotatable bonds is 3. The summed E-state index contributed by atoms with van der Waals surface area (Å²) in [6.07, 6.45) is 0.901. The zero-order chi connectivity index (χ0) is 14.0. The van der Waals surface area contributed by atoms with Gasteiger partial charge in [0.05, 0.1) is 0 Å². The number of benzene rings is 2. The summed E-state index contributed by atoms with van der Waals surface area (Å²) in [6.45, 7) is 6.46. The Hall–Kier alpha value is -0.870. The van der Waals surface area contributed by atoms with Gasteiger partial charge < -0.3 is 5.73 Å². The van der Waals surface area contributed by atoms with Crippen molar-refractivity contribution < 1.29 is 0 Å². The second kappa shape index (κ2) is 6.06. The number of hydrogen-bond donors (Lipinski definition) is 1. The van der Waals surface area contributed by atoms with E-state index in [1.165, 1.54) is 31.4 Å². The third kappa shape index (κ3) is 3.18. The first-order valence-corrected chi connectivity index (χ1v) is 7.64. The van der Waals surface area contributed by atoms with Crippen molar-refractivity contribution in [1.82, 2.24) is 0 Å². The van der Waals surface area contributed by atoms with Crippen molar-refractivity contribution in [2.45, 2.75) is 33.2 Å². The van der Waals surface area contributed by atoms with Gasteiger partial charge in [-0.2, -0.15) is 0 Å². The average molecular weight is 365 g/mol. The van der Waals surface area contributed by atoms with Crippen LogP contribution in [0.25, 0.3) is 0 Å². The molecule has 1 atom stereocenters. The summed E-state index contributed by atoms with van der Waals surface area (Å²) in [4.78, 5) is 0. The molecule has 2 rings (SSSR count). The van der Waals surface area contributed by atoms with Crippen LogP contribution < -0.4 is 5.73 Å². The molecule has 0 heterocycles. The maximum Gasteiger partial charge on any atom is 0.0346 e. The highest BCUT2D eigenvalue weighted by molar-refractivity contribution is 14.1. The van der Waals surface area contributed by atoms with Gasteiger partial charge in [0.25, 0.3) is 0 Å². The summed E-state index contributed by atoms with van der Waals surface area (Å²) in [7, 11) is 0. The summed E-state index contributed by atoms with van der Waals surface area (Å²) in [5.41, 5.74) is 13.0. The summed E-state index contributed by atoms with van der Waals surface area (Å²) in [6, 6.07) is 12.9. The molecule has 0 saturated heterocycles. The zero-order valence-corrected chi connectivity index (χ0v) is 13.9. The molecule has 0 aromatic heterocycles. The topological polar surface area (TPSA) is 26.0 Å². The molecule has 0 radical (unpaired) electrons. The van der Waals surface area contributed by atoms with Gasteiger partial charge in [-0.3, -0.25) is 0 Å². The van der Waals surface area contributed by atoms with Crippen LogP contribution in [-0.4, -0.2) is 0 Å². The third-order valence-electron chi connectivity index (χ3n) is 3.69. The Morgan fingerprint density at radius 1 is 0.947 bits per heavy atom. The van der Waals surface area contributed by atoms with Gasteiger partial charge in [0.1, 0.15) is 0 Å². The van der Waals surface area contributed by atoms with Crippen molar-refractivity contribution in [1.29, 1.82) is 0 Å². The van der Waals surface area contributed by atoms with Gasteiger partial charge in [0.15, 0.2) is 0 Å². The first-order valence-electron chi connectivity index (χ1n) is 6.56. The van der Waals surface area contributed by atoms with E-state index in [9.17, 15) is 0 Å². The Balaban J connectivity index is 2.31. The third-order valence-corrected chi connectivity index (χ3v) is 5.16. The number of nitrogens with two attached hydrogens (primary N) is 1. The van der Waals surface area contributed by atoms with Gasteiger partial charge >= 0.3 is 0 Å². The molecule has 2 aromatic carbocycles. The van der Waals surface area contributed by atoms with E-state index in [0.717, 1.165) is 6.42 Å². The zero-order valence-electron chi connectivity index (χ0n) is 11.7. The quantitative estimate of drug-likeness (QED) is 0.799. The maximum absolute atomic E-state index is 6.43. The lowest BCUT2D eigenvalue weighted by Gasteiger charge is -2.18. The lowest BCUT2D eigenvalue weighted by atomic mass is 9.93. The molecule has 2 heteroatoms. The fraction of sp³-hybridized carbons (Fsp3) is 0.294. The first-order chi connectivity index (χ1) is 9.00. The van der Waals surface area contributed by atoms with Crippen LogP contribution in [0.1, 0.15) is 33.9 Å². The standard InChI is InChI=1S/C17H20IN/c1-11-6-4-7-12(2)15(11)10-16(19)14-9-5-8-13(3)17(14)18/h4-9,16H,10,19H2,1-3H3. The van der Waals surface area contributed by atoms with Crippen molar-refractivity contribution in [3.05, 3.63) is 67.8 Å². The highest BCUT2D eigenvalue weighted by Crippen LogP contribution is 2.26. The van der Waals surface area contributed by atoms with Crippen LogP contribution in [0.3, 0.4) is 0 Å². The number of hydrogen-bond acceptors (Lipinski definition) is 1. The van der Waals surface area contributed by atoms with E-state index < -0.39 is 0 Å². The molecule has 1 nitrogen and oxygen atoms in total. The predicted molar refractivity (Wildman–Crippen MR) is 90.4 cm³/mol. The monoisotopic (exact) mass is 365 g/mol. The van der Waals surface area contributed by atoms with Crippen molar-refractivity contribution in [3.63, 3.8) is 0 Å². The fourth-order valence-electron chi connectivity index (χ4n) is 2.46. The minimum Gasteiger partial charge on any atom is -0.324 e. The van der Waals surface area contributed by atoms with E-state index in [4.69, 9.17) is 5.73 Å². The van der Waals surface area contributed by atoms with Crippen LogP contribution in [0.4, 0.5) is 0 Å². The van der Waals surface area contributed by atoms with Crippen molar-refractivity contribution >= 4 is 22.6 Å². The molecule has 0 bridgehead atoms. The molecule has 0 amide bonds. The van der Waals surface area contributed by atoms with Crippen LogP contribution in [0.2, 0.25) is 0 Å². The van der Waals surface area contributed by atoms with Gasteiger partial charge in [-0.05, 0) is 77.6 Å². The van der Waals surface area contributed by atoms with E-state index >= 15 is 0 Å². The van der Waals surface area contributed by atoms with Gasteiger partial charge in [0.2, 0.25) is 0 Å². The summed E-state index contributed by atoms with van der Waals surface area (Å²) in [5.74, 6) is 0. The molecule has 0 spiro atoms. The maximum atomic E-state index is 6.43. The fourth-order valence-corrected chi connectivity index (χ4v) is 3.22. The average Bonchev–Trinajstić information content (AvgIpc) is 2.37. The SMILES string of the molecule is Cc1cccc(C(N)Cc2c(C)cccc2C)c1I. The molecule has 0 aliphatic heterocycles. The van der Waals surface area contributed by atoms with Crippen LogP contribution >= 0.6 is 22.6 Å². The minimum atomic E-state index is 0.0617. The van der Waals surface area contributed by atoms with Gasteiger partial charge in [-0.15, -0.1) is 0 Å². The molecular formula is C17H20IN.